The van der Waals surface area contributed by atoms with Gasteiger partial charge in [0.05, 0.1) is 5.60 Å². The minimum absolute atomic E-state index is 0.218. The molecule has 11 heavy (non-hydrogen) atoms. The molecule has 0 aromatic heterocycles. The lowest BCUT2D eigenvalue weighted by Gasteiger charge is -2.23. The predicted molar refractivity (Wildman–Crippen MR) is 41.2 cm³/mol. The molecule has 2 fully saturated rings. The topological polar surface area (TPSA) is 46.5 Å². The summed E-state index contributed by atoms with van der Waals surface area (Å²) in [6, 6.07) is 0. The molecule has 1 unspecified atom stereocenters. The van der Waals surface area contributed by atoms with E-state index in [1.54, 1.807) is 0 Å². The zero-order valence-electron chi connectivity index (χ0n) is 6.28. The maximum atomic E-state index is 10.4. The molecule has 2 aliphatic carbocycles. The van der Waals surface area contributed by atoms with E-state index in [0.29, 0.717) is 0 Å². The summed E-state index contributed by atoms with van der Waals surface area (Å²) >= 11 is -2.07. The molecule has 1 atom stereocenters. The summed E-state index contributed by atoms with van der Waals surface area (Å²) in [4.78, 5) is 0. The maximum absolute atomic E-state index is 10.4. The summed E-state index contributed by atoms with van der Waals surface area (Å²) in [5.41, 5.74) is -0.218. The van der Waals surface area contributed by atoms with Gasteiger partial charge in [0, 0.05) is 0 Å². The van der Waals surface area contributed by atoms with Crippen LogP contribution >= 0.6 is 0 Å². The second-order valence-corrected chi connectivity index (χ2v) is 4.23. The van der Waals surface area contributed by atoms with Gasteiger partial charge in [-0.25, -0.2) is 0 Å². The van der Waals surface area contributed by atoms with Crippen molar-refractivity contribution in [2.24, 2.45) is 5.92 Å². The maximum Gasteiger partial charge on any atom is 0.302 e. The highest BCUT2D eigenvalue weighted by molar-refractivity contribution is 7.74. The van der Waals surface area contributed by atoms with E-state index in [1.165, 1.54) is 12.8 Å². The van der Waals surface area contributed by atoms with Crippen LogP contribution in [0.5, 0.6) is 0 Å². The minimum Gasteiger partial charge on any atom is -0.284 e. The number of hydrogen-bond donors (Lipinski definition) is 1. The van der Waals surface area contributed by atoms with Crippen molar-refractivity contribution in [2.45, 2.75) is 37.7 Å². The first-order valence-corrected chi connectivity index (χ1v) is 5.04. The van der Waals surface area contributed by atoms with Crippen molar-refractivity contribution >= 4 is 11.4 Å². The highest BCUT2D eigenvalue weighted by Crippen LogP contribution is 2.50. The van der Waals surface area contributed by atoms with Gasteiger partial charge in [0.15, 0.2) is 0 Å². The SMILES string of the molecule is O=S(O)OC12CCC(CC1)C2. The number of fused-ring (bicyclic) bond motifs is 2. The molecular weight excluding hydrogens is 164 g/mol. The lowest BCUT2D eigenvalue weighted by atomic mass is 9.98. The van der Waals surface area contributed by atoms with Crippen molar-refractivity contribution in [3.8, 4) is 0 Å². The van der Waals surface area contributed by atoms with Gasteiger partial charge in [0.1, 0.15) is 0 Å². The van der Waals surface area contributed by atoms with Gasteiger partial charge in [0.25, 0.3) is 0 Å². The van der Waals surface area contributed by atoms with Crippen molar-refractivity contribution < 1.29 is 12.9 Å². The molecule has 2 saturated carbocycles. The molecule has 4 heteroatoms. The van der Waals surface area contributed by atoms with Crippen LogP contribution in [0.2, 0.25) is 0 Å². The van der Waals surface area contributed by atoms with Crippen LogP contribution in [0, 0.1) is 5.92 Å². The molecule has 0 radical (unpaired) electrons. The Kier molecular flexibility index (Phi) is 1.78. The zero-order valence-corrected chi connectivity index (χ0v) is 7.10. The Morgan fingerprint density at radius 1 is 1.45 bits per heavy atom. The molecule has 0 heterocycles. The van der Waals surface area contributed by atoms with Crippen molar-refractivity contribution in [1.82, 2.24) is 0 Å². The summed E-state index contributed by atoms with van der Waals surface area (Å²) < 4.78 is 24.0. The van der Waals surface area contributed by atoms with E-state index in [0.717, 1.165) is 25.2 Å². The van der Waals surface area contributed by atoms with Crippen LogP contribution in [0.1, 0.15) is 32.1 Å². The molecule has 2 aliphatic rings. The van der Waals surface area contributed by atoms with Gasteiger partial charge < -0.3 is 0 Å². The van der Waals surface area contributed by atoms with Gasteiger partial charge in [-0.3, -0.25) is 8.74 Å². The van der Waals surface area contributed by atoms with Crippen molar-refractivity contribution in [3.63, 3.8) is 0 Å². The summed E-state index contributed by atoms with van der Waals surface area (Å²) in [7, 11) is 0. The first kappa shape index (κ1) is 7.71. The van der Waals surface area contributed by atoms with E-state index in [4.69, 9.17) is 8.74 Å². The summed E-state index contributed by atoms with van der Waals surface area (Å²) in [5.74, 6) is 0.763. The molecule has 64 valence electrons. The van der Waals surface area contributed by atoms with Crippen molar-refractivity contribution in [2.75, 3.05) is 0 Å². The van der Waals surface area contributed by atoms with E-state index in [9.17, 15) is 4.21 Å². The van der Waals surface area contributed by atoms with Crippen LogP contribution in [-0.2, 0) is 15.5 Å². The van der Waals surface area contributed by atoms with E-state index >= 15 is 0 Å². The molecule has 0 aromatic rings. The summed E-state index contributed by atoms with van der Waals surface area (Å²) in [6.45, 7) is 0. The van der Waals surface area contributed by atoms with Crippen LogP contribution in [0.15, 0.2) is 0 Å². The molecule has 3 nitrogen and oxygen atoms in total. The Morgan fingerprint density at radius 2 is 2.09 bits per heavy atom. The molecule has 2 rings (SSSR count). The molecule has 0 aliphatic heterocycles. The van der Waals surface area contributed by atoms with Crippen LogP contribution in [0.4, 0.5) is 0 Å². The van der Waals surface area contributed by atoms with Gasteiger partial charge in [-0.05, 0) is 38.0 Å². The largest absolute Gasteiger partial charge is 0.302 e. The second kappa shape index (κ2) is 2.54. The Bertz CT molecular complexity index is 184. The van der Waals surface area contributed by atoms with Crippen LogP contribution in [0.3, 0.4) is 0 Å². The highest BCUT2D eigenvalue weighted by Gasteiger charge is 2.47. The fourth-order valence-electron chi connectivity index (χ4n) is 2.41. The Morgan fingerprint density at radius 3 is 2.45 bits per heavy atom. The van der Waals surface area contributed by atoms with Crippen molar-refractivity contribution in [3.05, 3.63) is 0 Å². The van der Waals surface area contributed by atoms with Gasteiger partial charge in [-0.1, -0.05) is 0 Å². The van der Waals surface area contributed by atoms with Gasteiger partial charge in [-0.2, -0.15) is 4.21 Å². The van der Waals surface area contributed by atoms with Gasteiger partial charge in [0.2, 0.25) is 0 Å². The first-order valence-electron chi connectivity index (χ1n) is 4.01. The van der Waals surface area contributed by atoms with Crippen LogP contribution in [0.25, 0.3) is 0 Å². The molecule has 2 bridgehead atoms. The van der Waals surface area contributed by atoms with Gasteiger partial charge >= 0.3 is 11.4 Å². The lowest BCUT2D eigenvalue weighted by Crippen LogP contribution is -2.27. The molecular formula is C7H12O3S. The quantitative estimate of drug-likeness (QED) is 0.648. The predicted octanol–water partition coefficient (Wildman–Crippen LogP) is 1.47. The fraction of sp³-hybridized carbons (Fsp3) is 1.00. The number of hydrogen-bond acceptors (Lipinski definition) is 2. The Balaban J connectivity index is 2.05. The first-order chi connectivity index (χ1) is 5.20. The van der Waals surface area contributed by atoms with Gasteiger partial charge in [-0.15, -0.1) is 0 Å². The van der Waals surface area contributed by atoms with E-state index in [-0.39, 0.29) is 5.60 Å². The third kappa shape index (κ3) is 1.35. The Hall–Kier alpha value is 0.0700. The molecule has 0 spiro atoms. The van der Waals surface area contributed by atoms with Crippen LogP contribution in [-0.4, -0.2) is 14.4 Å². The Labute approximate surface area is 68.6 Å². The summed E-state index contributed by atoms with van der Waals surface area (Å²) in [5, 5.41) is 0. The second-order valence-electron chi connectivity index (χ2n) is 3.63. The van der Waals surface area contributed by atoms with Crippen LogP contribution < -0.4 is 0 Å². The highest BCUT2D eigenvalue weighted by atomic mass is 32.2. The van der Waals surface area contributed by atoms with E-state index in [2.05, 4.69) is 0 Å². The molecule has 1 N–H and O–H groups in total. The standard InChI is InChI=1S/C7H12O3S/c8-11(9)10-7-3-1-6(5-7)2-4-7/h6H,1-5H2,(H,8,9). The third-order valence-corrected chi connectivity index (χ3v) is 3.42. The zero-order chi connectivity index (χ0) is 7.90. The third-order valence-electron chi connectivity index (χ3n) is 2.93. The normalized spacial score (nSPS) is 44.6. The average molecular weight is 176 g/mol. The number of rotatable bonds is 2. The fourth-order valence-corrected chi connectivity index (χ4v) is 2.94. The lowest BCUT2D eigenvalue weighted by molar-refractivity contribution is 0.0857. The average Bonchev–Trinajstić information content (AvgIpc) is 2.43. The monoisotopic (exact) mass is 176 g/mol. The van der Waals surface area contributed by atoms with Crippen molar-refractivity contribution in [1.29, 1.82) is 0 Å². The molecule has 0 amide bonds. The van der Waals surface area contributed by atoms with E-state index in [1.807, 2.05) is 0 Å². The molecule has 0 aromatic carbocycles. The van der Waals surface area contributed by atoms with E-state index < -0.39 is 11.4 Å². The smallest absolute Gasteiger partial charge is 0.284 e. The minimum atomic E-state index is -2.07. The molecule has 0 saturated heterocycles. The summed E-state index contributed by atoms with van der Waals surface area (Å²) in [6.07, 6.45) is 5.31.